The third-order valence-electron chi connectivity index (χ3n) is 2.79. The van der Waals surface area contributed by atoms with Crippen LogP contribution >= 0.6 is 0 Å². The minimum atomic E-state index is 0.327. The first-order chi connectivity index (χ1) is 5.98. The molecule has 0 bridgehead atoms. The zero-order valence-corrected chi connectivity index (χ0v) is 8.52. The van der Waals surface area contributed by atoms with E-state index in [1.165, 1.54) is 5.56 Å². The molecule has 0 saturated heterocycles. The van der Waals surface area contributed by atoms with Crippen molar-refractivity contribution < 1.29 is 5.11 Å². The molecule has 0 aromatic heterocycles. The molecule has 13 heavy (non-hydrogen) atoms. The lowest BCUT2D eigenvalue weighted by Gasteiger charge is -2.14. The van der Waals surface area contributed by atoms with E-state index in [0.29, 0.717) is 11.2 Å². The number of hydrogen-bond donors (Lipinski definition) is 1. The maximum Gasteiger partial charge on any atom is 0.119 e. The van der Waals surface area contributed by atoms with Crippen LogP contribution in [0.25, 0.3) is 0 Å². The van der Waals surface area contributed by atoms with Gasteiger partial charge in [-0.25, -0.2) is 0 Å². The van der Waals surface area contributed by atoms with Gasteiger partial charge in [-0.15, -0.1) is 0 Å². The van der Waals surface area contributed by atoms with Crippen molar-refractivity contribution in [3.05, 3.63) is 28.8 Å². The Kier molecular flexibility index (Phi) is 1.66. The van der Waals surface area contributed by atoms with Gasteiger partial charge in [0.25, 0.3) is 0 Å². The quantitative estimate of drug-likeness (QED) is 0.644. The van der Waals surface area contributed by atoms with E-state index in [0.717, 1.165) is 24.0 Å². The first-order valence-electron chi connectivity index (χ1n) is 4.79. The van der Waals surface area contributed by atoms with E-state index in [9.17, 15) is 5.11 Å². The zero-order valence-electron chi connectivity index (χ0n) is 8.52. The number of fused-ring (bicyclic) bond motifs is 1. The fourth-order valence-electron chi connectivity index (χ4n) is 2.29. The molecule has 0 saturated carbocycles. The van der Waals surface area contributed by atoms with Crippen LogP contribution in [0, 0.1) is 12.3 Å². The van der Waals surface area contributed by atoms with Gasteiger partial charge in [-0.3, -0.25) is 0 Å². The maximum absolute atomic E-state index is 9.74. The van der Waals surface area contributed by atoms with Gasteiger partial charge in [0.05, 0.1) is 0 Å². The van der Waals surface area contributed by atoms with Crippen molar-refractivity contribution in [2.45, 2.75) is 33.6 Å². The highest BCUT2D eigenvalue weighted by atomic mass is 16.3. The Hall–Kier alpha value is -0.980. The monoisotopic (exact) mass is 176 g/mol. The van der Waals surface area contributed by atoms with Crippen molar-refractivity contribution in [2.75, 3.05) is 0 Å². The Bertz CT molecular complexity index is 350. The second kappa shape index (κ2) is 2.50. The Morgan fingerprint density at radius 3 is 2.62 bits per heavy atom. The highest BCUT2D eigenvalue weighted by Crippen LogP contribution is 2.40. The second-order valence-electron chi connectivity index (χ2n) is 4.94. The summed E-state index contributed by atoms with van der Waals surface area (Å²) in [6.45, 7) is 6.54. The summed E-state index contributed by atoms with van der Waals surface area (Å²) in [7, 11) is 0. The van der Waals surface area contributed by atoms with Crippen LogP contribution in [0.4, 0.5) is 0 Å². The SMILES string of the molecule is Cc1cc(O)c2c(c1)CC(C)(C)C2. The van der Waals surface area contributed by atoms with E-state index in [1.54, 1.807) is 0 Å². The van der Waals surface area contributed by atoms with Gasteiger partial charge in [0, 0.05) is 0 Å². The highest BCUT2D eigenvalue weighted by Gasteiger charge is 2.30. The van der Waals surface area contributed by atoms with Crippen LogP contribution in [0.15, 0.2) is 12.1 Å². The molecular formula is C12H16O. The van der Waals surface area contributed by atoms with Crippen LogP contribution in [-0.2, 0) is 12.8 Å². The van der Waals surface area contributed by atoms with E-state index in [2.05, 4.69) is 19.9 Å². The third kappa shape index (κ3) is 1.43. The van der Waals surface area contributed by atoms with Gasteiger partial charge < -0.3 is 5.11 Å². The number of phenolic OH excluding ortho intramolecular Hbond substituents is 1. The third-order valence-corrected chi connectivity index (χ3v) is 2.79. The van der Waals surface area contributed by atoms with E-state index in [-0.39, 0.29) is 0 Å². The van der Waals surface area contributed by atoms with Gasteiger partial charge in [0.15, 0.2) is 0 Å². The molecule has 1 aliphatic rings. The molecule has 2 rings (SSSR count). The minimum absolute atomic E-state index is 0.327. The van der Waals surface area contributed by atoms with Gasteiger partial charge in [0.2, 0.25) is 0 Å². The largest absolute Gasteiger partial charge is 0.508 e. The molecule has 1 N–H and O–H groups in total. The Morgan fingerprint density at radius 1 is 1.23 bits per heavy atom. The van der Waals surface area contributed by atoms with Crippen molar-refractivity contribution in [1.82, 2.24) is 0 Å². The standard InChI is InChI=1S/C12H16O/c1-8-4-9-6-12(2,3)7-10(9)11(13)5-8/h4-5,13H,6-7H2,1-3H3. The number of hydrogen-bond acceptors (Lipinski definition) is 1. The highest BCUT2D eigenvalue weighted by molar-refractivity contribution is 5.46. The molecule has 1 aromatic carbocycles. The van der Waals surface area contributed by atoms with Gasteiger partial charge >= 0.3 is 0 Å². The predicted octanol–water partition coefficient (Wildman–Crippen LogP) is 2.83. The number of aromatic hydroxyl groups is 1. The fourth-order valence-corrected chi connectivity index (χ4v) is 2.29. The van der Waals surface area contributed by atoms with Crippen molar-refractivity contribution in [1.29, 1.82) is 0 Å². The molecule has 0 amide bonds. The van der Waals surface area contributed by atoms with E-state index in [1.807, 2.05) is 13.0 Å². The lowest BCUT2D eigenvalue weighted by Crippen LogP contribution is -2.09. The second-order valence-corrected chi connectivity index (χ2v) is 4.94. The van der Waals surface area contributed by atoms with Crippen LogP contribution in [-0.4, -0.2) is 5.11 Å². The maximum atomic E-state index is 9.74. The number of rotatable bonds is 0. The molecule has 0 heterocycles. The van der Waals surface area contributed by atoms with Gasteiger partial charge in [0.1, 0.15) is 5.75 Å². The van der Waals surface area contributed by atoms with Crippen LogP contribution in [0.5, 0.6) is 5.75 Å². The molecule has 0 fully saturated rings. The smallest absolute Gasteiger partial charge is 0.119 e. The van der Waals surface area contributed by atoms with Crippen LogP contribution in [0.1, 0.15) is 30.5 Å². The number of phenols is 1. The first kappa shape index (κ1) is 8.61. The molecule has 1 nitrogen and oxygen atoms in total. The first-order valence-corrected chi connectivity index (χ1v) is 4.79. The van der Waals surface area contributed by atoms with E-state index in [4.69, 9.17) is 0 Å². The average Bonchev–Trinajstić information content (AvgIpc) is 2.23. The lowest BCUT2D eigenvalue weighted by atomic mass is 9.90. The average molecular weight is 176 g/mol. The molecule has 1 aliphatic carbocycles. The number of benzene rings is 1. The Morgan fingerprint density at radius 2 is 1.92 bits per heavy atom. The number of aryl methyl sites for hydroxylation is 1. The van der Waals surface area contributed by atoms with Crippen LogP contribution < -0.4 is 0 Å². The summed E-state index contributed by atoms with van der Waals surface area (Å²) in [4.78, 5) is 0. The summed E-state index contributed by atoms with van der Waals surface area (Å²) in [6, 6.07) is 4.06. The molecular weight excluding hydrogens is 160 g/mol. The summed E-state index contributed by atoms with van der Waals surface area (Å²) < 4.78 is 0. The van der Waals surface area contributed by atoms with Gasteiger partial charge in [-0.1, -0.05) is 19.9 Å². The molecule has 0 unspecified atom stereocenters. The predicted molar refractivity (Wildman–Crippen MR) is 54.0 cm³/mol. The lowest BCUT2D eigenvalue weighted by molar-refractivity contribution is 0.386. The van der Waals surface area contributed by atoms with Crippen molar-refractivity contribution in [2.24, 2.45) is 5.41 Å². The topological polar surface area (TPSA) is 20.2 Å². The molecule has 0 atom stereocenters. The molecule has 0 aliphatic heterocycles. The van der Waals surface area contributed by atoms with Crippen LogP contribution in [0.3, 0.4) is 0 Å². The van der Waals surface area contributed by atoms with Crippen LogP contribution in [0.2, 0.25) is 0 Å². The van der Waals surface area contributed by atoms with E-state index < -0.39 is 0 Å². The molecule has 0 radical (unpaired) electrons. The van der Waals surface area contributed by atoms with Crippen molar-refractivity contribution in [3.8, 4) is 5.75 Å². The molecule has 0 spiro atoms. The van der Waals surface area contributed by atoms with Gasteiger partial charge in [-0.2, -0.15) is 0 Å². The summed E-state index contributed by atoms with van der Waals surface area (Å²) in [5, 5.41) is 9.74. The molecule has 1 heteroatoms. The van der Waals surface area contributed by atoms with Crippen molar-refractivity contribution in [3.63, 3.8) is 0 Å². The minimum Gasteiger partial charge on any atom is -0.508 e. The van der Waals surface area contributed by atoms with E-state index >= 15 is 0 Å². The normalized spacial score (nSPS) is 18.7. The fraction of sp³-hybridized carbons (Fsp3) is 0.500. The summed E-state index contributed by atoms with van der Waals surface area (Å²) in [5.41, 5.74) is 3.99. The Labute approximate surface area is 79.4 Å². The van der Waals surface area contributed by atoms with Crippen molar-refractivity contribution >= 4 is 0 Å². The summed E-state index contributed by atoms with van der Waals surface area (Å²) >= 11 is 0. The molecule has 70 valence electrons. The zero-order chi connectivity index (χ0) is 9.64. The molecule has 1 aromatic rings. The Balaban J connectivity index is 2.52. The summed E-state index contributed by atoms with van der Waals surface area (Å²) in [6.07, 6.45) is 2.10. The summed E-state index contributed by atoms with van der Waals surface area (Å²) in [5.74, 6) is 0.487. The van der Waals surface area contributed by atoms with Gasteiger partial charge in [-0.05, 0) is 47.9 Å².